The van der Waals surface area contributed by atoms with E-state index in [9.17, 15) is 33.6 Å². The Labute approximate surface area is 810 Å². The van der Waals surface area contributed by atoms with Gasteiger partial charge in [0.05, 0.1) is 92.6 Å². The molecule has 28 rings (SSSR count). The van der Waals surface area contributed by atoms with Crippen LogP contribution in [0.4, 0.5) is 26.2 Å². The van der Waals surface area contributed by atoms with Gasteiger partial charge >= 0.3 is 0 Å². The molecule has 11 aliphatic rings. The lowest BCUT2D eigenvalue weighted by Gasteiger charge is -2.20. The molecule has 139 heavy (non-hydrogen) atoms. The van der Waals surface area contributed by atoms with E-state index in [4.69, 9.17) is 80.3 Å². The van der Waals surface area contributed by atoms with Gasteiger partial charge in [-0.1, -0.05) is 128 Å². The second-order valence-electron chi connectivity index (χ2n) is 35.9. The first-order chi connectivity index (χ1) is 67.4. The molecule has 680 valence electrons. The number of nitrogens with one attached hydrogen (secondary N) is 3. The number of H-pyrrole nitrogens is 3. The summed E-state index contributed by atoms with van der Waals surface area (Å²) in [6, 6.07) is 56.1. The number of nitrogens with two attached hydrogens (primary N) is 1. The van der Waals surface area contributed by atoms with Gasteiger partial charge in [-0.25, -0.2) is 33.8 Å². The standard InChI is InChI=1S/C36H21Cl2FN8O3.C36H22Cl2N8O3.C28H19Cl2FN8O/c37-18-6-8-28(45-15-30(38)42-44-45)22(12-18)17-10-29-24-13-25(24)32(46(29)31(48)11-17)27-14-23(33(39)40-27)16-5-7-21-26(9-16)41-43-34(21)47-35(49)19-3-1-2-4-20(19)36(47)50;37-20-6-8-29(44-16-31(38)41-43-44)24(13-20)18-11-30-25-14-26(25)33(45(30)32(47)12-18)28-10-19(15-39-28)17-5-7-23-27(9-17)40-42-34(23)46-35(48)21-3-1-2-4-22(21)36(46)49;29-14-2-4-22(38-11-24(30)35-37-38)16(8-14)13-6-23-18-9-19(18)26(39(23)25(40)7-13)21-10-17(27(31)33-21)12-1-3-15-20(5-12)34-36-28(15)32/h1-12,15,24-25,32H,13-14H2,(H,41,43);1-9,11-13,15-16,25-26,33H,10,14H2,(H,40,42);1-8,11,18-19,26H,9-10H2,(H3,32,34,36)/t24-,25+,32+;25-,26+,33+;18-,19+,26+/m111/s1. The van der Waals surface area contributed by atoms with Gasteiger partial charge in [0.15, 0.2) is 32.9 Å². The zero-order valence-electron chi connectivity index (χ0n) is 71.6. The molecule has 17 heterocycles. The Morgan fingerprint density at radius 3 is 1.09 bits per heavy atom. The number of amides is 4. The summed E-state index contributed by atoms with van der Waals surface area (Å²) in [4.78, 5) is 109. The number of imide groups is 2. The zero-order chi connectivity index (χ0) is 94.4. The van der Waals surface area contributed by atoms with Crippen LogP contribution in [0.25, 0.3) is 99.9 Å². The first-order valence-electron chi connectivity index (χ1n) is 44.2. The van der Waals surface area contributed by atoms with Crippen LogP contribution in [0.5, 0.6) is 0 Å². The molecule has 8 aromatic carbocycles. The first kappa shape index (κ1) is 83.9. The largest absolute Gasteiger partial charge is 0.382 e. The van der Waals surface area contributed by atoms with Gasteiger partial charge in [0.25, 0.3) is 40.3 Å². The minimum absolute atomic E-state index is 0.0945. The van der Waals surface area contributed by atoms with Crippen LogP contribution in [-0.4, -0.2) is 130 Å². The van der Waals surface area contributed by atoms with E-state index in [1.807, 2.05) is 77.5 Å². The molecule has 0 unspecified atom stereocenters. The number of allylic oxidation sites excluding steroid dienone is 3. The number of aromatic amines is 3. The predicted molar refractivity (Wildman–Crippen MR) is 521 cm³/mol. The van der Waals surface area contributed by atoms with Crippen LogP contribution in [0.3, 0.4) is 0 Å². The molecule has 17 aromatic rings. The molecule has 3 saturated carbocycles. The third-order valence-electron chi connectivity index (χ3n) is 28.2. The van der Waals surface area contributed by atoms with Gasteiger partial charge < -0.3 is 19.4 Å². The molecule has 0 spiro atoms. The fraction of sp³-hybridized carbons (Fsp3) is 0.150. The number of carbonyl (C=O) groups excluding carboxylic acids is 4. The summed E-state index contributed by atoms with van der Waals surface area (Å²) in [5, 5.41) is 49.7. The van der Waals surface area contributed by atoms with Crippen molar-refractivity contribution in [2.75, 3.05) is 15.5 Å². The van der Waals surface area contributed by atoms with E-state index >= 15 is 8.78 Å². The fourth-order valence-electron chi connectivity index (χ4n) is 21.7. The molecule has 31 nitrogen and oxygen atoms in total. The van der Waals surface area contributed by atoms with E-state index in [-0.39, 0.29) is 110 Å². The van der Waals surface area contributed by atoms with E-state index in [0.29, 0.717) is 146 Å². The van der Waals surface area contributed by atoms with E-state index in [1.165, 1.54) is 4.68 Å². The number of halogens is 8. The van der Waals surface area contributed by atoms with Gasteiger partial charge in [0.1, 0.15) is 0 Å². The second kappa shape index (κ2) is 31.4. The average molecular weight is 1960 g/mol. The molecule has 8 aliphatic heterocycles. The third kappa shape index (κ3) is 13.6. The molecule has 0 saturated heterocycles. The predicted octanol–water partition coefficient (Wildman–Crippen LogP) is 19.2. The van der Waals surface area contributed by atoms with Gasteiger partial charge in [-0.3, -0.25) is 53.9 Å². The highest BCUT2D eigenvalue weighted by Gasteiger charge is 2.58. The van der Waals surface area contributed by atoms with Crippen molar-refractivity contribution in [1.29, 1.82) is 0 Å². The lowest BCUT2D eigenvalue weighted by molar-refractivity contribution is 0.0909. The van der Waals surface area contributed by atoms with Crippen LogP contribution in [0.15, 0.2) is 260 Å². The first-order valence-corrected chi connectivity index (χ1v) is 46.5. The van der Waals surface area contributed by atoms with Gasteiger partial charge in [-0.15, -0.1) is 15.3 Å². The van der Waals surface area contributed by atoms with Crippen molar-refractivity contribution in [2.45, 2.75) is 74.4 Å². The number of hydrogen-bond acceptors (Lipinski definition) is 20. The smallest absolute Gasteiger partial charge is 0.267 e. The lowest BCUT2D eigenvalue weighted by atomic mass is 9.97. The molecule has 9 atom stereocenters. The van der Waals surface area contributed by atoms with Crippen molar-refractivity contribution < 1.29 is 28.0 Å². The van der Waals surface area contributed by atoms with Crippen LogP contribution in [0.2, 0.25) is 30.5 Å². The summed E-state index contributed by atoms with van der Waals surface area (Å²) in [6.45, 7) is 0. The Morgan fingerprint density at radius 1 is 0.360 bits per heavy atom. The minimum Gasteiger partial charge on any atom is -0.382 e. The summed E-state index contributed by atoms with van der Waals surface area (Å²) in [7, 11) is 0. The zero-order valence-corrected chi connectivity index (χ0v) is 76.2. The van der Waals surface area contributed by atoms with Gasteiger partial charge in [0.2, 0.25) is 11.9 Å². The van der Waals surface area contributed by atoms with Crippen molar-refractivity contribution in [3.8, 4) is 50.4 Å². The monoisotopic (exact) mass is 1960 g/mol. The molecule has 5 N–H and O–H groups in total. The van der Waals surface area contributed by atoms with E-state index < -0.39 is 23.7 Å². The molecule has 0 bridgehead atoms. The van der Waals surface area contributed by atoms with Crippen LogP contribution in [0, 0.1) is 17.8 Å². The number of fused-ring (bicyclic) bond motifs is 14. The number of nitrogen functional groups attached to an aromatic ring is 1. The quantitative estimate of drug-likeness (QED) is 0.0580. The van der Waals surface area contributed by atoms with Crippen molar-refractivity contribution in [3.05, 3.63) is 348 Å². The maximum atomic E-state index is 15.7. The summed E-state index contributed by atoms with van der Waals surface area (Å²) in [6.07, 6.45) is 10.6. The summed E-state index contributed by atoms with van der Waals surface area (Å²) >= 11 is 37.2. The van der Waals surface area contributed by atoms with Crippen molar-refractivity contribution in [2.24, 2.45) is 32.7 Å². The number of anilines is 3. The molecular weight excluding hydrogens is 1900 g/mol. The molecule has 0 radical (unpaired) electrons. The van der Waals surface area contributed by atoms with Gasteiger partial charge in [-0.2, -0.15) is 24.1 Å². The number of benzene rings is 8. The Bertz CT molecular complexity index is 8800. The molecule has 3 aliphatic carbocycles. The number of rotatable bonds is 14. The molecule has 4 amide bonds. The van der Waals surface area contributed by atoms with Gasteiger partial charge in [-0.05, 0) is 209 Å². The number of aromatic nitrogens is 18. The topological polar surface area (TPSA) is 382 Å². The second-order valence-corrected chi connectivity index (χ2v) is 38.4. The number of nitrogens with zero attached hydrogens (tertiary/aromatic N) is 20. The Hall–Kier alpha value is -15.7. The minimum atomic E-state index is -0.607. The highest BCUT2D eigenvalue weighted by Crippen LogP contribution is 2.64. The molecule has 39 heteroatoms. The summed E-state index contributed by atoms with van der Waals surface area (Å²) < 4.78 is 41.0. The lowest BCUT2D eigenvalue weighted by Crippen LogP contribution is -2.29. The Balaban J connectivity index is 0.000000108. The Morgan fingerprint density at radius 2 is 0.712 bits per heavy atom. The van der Waals surface area contributed by atoms with Crippen LogP contribution in [-0.2, 0) is 0 Å². The maximum absolute atomic E-state index is 15.7. The number of pyridine rings is 3. The van der Waals surface area contributed by atoms with Crippen molar-refractivity contribution >= 4 is 177 Å². The number of hydrogen-bond donors (Lipinski definition) is 4. The van der Waals surface area contributed by atoms with Crippen LogP contribution in [0.1, 0.15) is 150 Å². The molecule has 9 aromatic heterocycles. The van der Waals surface area contributed by atoms with Crippen LogP contribution < -0.4 is 32.2 Å². The number of aliphatic imine (C=N–C) groups is 3. The maximum Gasteiger partial charge on any atom is 0.267 e. The molecule has 3 fully saturated rings. The highest BCUT2D eigenvalue weighted by molar-refractivity contribution is 6.37. The molecular formula is C100H62Cl6F2N24O7. The van der Waals surface area contributed by atoms with E-state index in [1.54, 1.807) is 158 Å². The van der Waals surface area contributed by atoms with Crippen LogP contribution >= 0.6 is 69.6 Å². The fourth-order valence-corrected chi connectivity index (χ4v) is 22.6. The highest BCUT2D eigenvalue weighted by atomic mass is 35.5. The van der Waals surface area contributed by atoms with E-state index in [2.05, 4.69) is 77.6 Å². The number of carbonyl (C=O) groups is 4. The van der Waals surface area contributed by atoms with E-state index in [0.717, 1.165) is 96.1 Å². The van der Waals surface area contributed by atoms with Gasteiger partial charge in [0, 0.05) is 155 Å². The van der Waals surface area contributed by atoms with Crippen molar-refractivity contribution in [1.82, 2.24) is 89.3 Å². The van der Waals surface area contributed by atoms with Crippen molar-refractivity contribution in [3.63, 3.8) is 0 Å². The summed E-state index contributed by atoms with van der Waals surface area (Å²) in [5.74, 6) is -0.665. The SMILES string of the molecule is Nc1n[nH]c2cc(C3=C(F)N=C([C@@H]4[C@H]5C[C@H]5c5cc(-c6cc(Cl)ccc6-n6cc(Cl)nn6)cc(=O)n54)C3)ccc12.O=C1c2ccccc2C(=O)N1c1n[nH]c2cc(C3=C(F)N=C([C@@H]4[C@H]5C[C@H]5c5cc(-c6cc(Cl)ccc6-n6cc(Cl)nn6)cc(=O)n54)C3)ccc12.O=C1c2ccccc2C(=O)N1c1n[nH]c2cc(C3=CN=C([C@@H]4[C@H]5C[C@H]5c5cc(-c6cc(Cl)ccc6-n6cc(Cl)nn6)cc(=O)n54)C3)ccc12. The third-order valence-corrected chi connectivity index (χ3v) is 29.4. The Kier molecular flexibility index (Phi) is 19.0. The normalized spacial score (nSPS) is 20.7. The summed E-state index contributed by atoms with van der Waals surface area (Å²) in [5.41, 5.74) is 24.3. The average Bonchev–Trinajstić information content (AvgIpc) is 1.54.